The van der Waals surface area contributed by atoms with E-state index in [2.05, 4.69) is 4.98 Å². The Labute approximate surface area is 133 Å². The van der Waals surface area contributed by atoms with Gasteiger partial charge < -0.3 is 19.8 Å². The van der Waals surface area contributed by atoms with Gasteiger partial charge in [0.05, 0.1) is 30.8 Å². The molecule has 120 valence electrons. The molecule has 0 amide bonds. The van der Waals surface area contributed by atoms with E-state index in [1.165, 1.54) is 6.07 Å². The van der Waals surface area contributed by atoms with Gasteiger partial charge >= 0.3 is 0 Å². The lowest BCUT2D eigenvalue weighted by Crippen LogP contribution is -2.11. The molecule has 0 bridgehead atoms. The summed E-state index contributed by atoms with van der Waals surface area (Å²) in [7, 11) is 3.14. The van der Waals surface area contributed by atoms with Gasteiger partial charge in [0.2, 0.25) is 0 Å². The highest BCUT2D eigenvalue weighted by molar-refractivity contribution is 5.84. The van der Waals surface area contributed by atoms with Crippen molar-refractivity contribution in [1.29, 1.82) is 0 Å². The second-order valence-corrected chi connectivity index (χ2v) is 5.05. The van der Waals surface area contributed by atoms with Crippen LogP contribution in [0.3, 0.4) is 0 Å². The number of rotatable bonds is 5. The van der Waals surface area contributed by atoms with Crippen LogP contribution in [0.25, 0.3) is 22.4 Å². The van der Waals surface area contributed by atoms with Crippen molar-refractivity contribution < 1.29 is 13.9 Å². The van der Waals surface area contributed by atoms with E-state index in [-0.39, 0.29) is 5.82 Å². The first-order valence-electron chi connectivity index (χ1n) is 7.26. The van der Waals surface area contributed by atoms with Crippen LogP contribution in [0.4, 0.5) is 4.39 Å². The Kier molecular flexibility index (Phi) is 4.16. The molecule has 0 saturated carbocycles. The highest BCUT2D eigenvalue weighted by Gasteiger charge is 2.17. The zero-order valence-corrected chi connectivity index (χ0v) is 13.0. The molecule has 3 aromatic rings. The first-order chi connectivity index (χ1) is 11.2. The fraction of sp³-hybridized carbons (Fsp3) is 0.235. The number of hydrogen-bond donors (Lipinski definition) is 1. The van der Waals surface area contributed by atoms with Crippen LogP contribution in [0.2, 0.25) is 0 Å². The predicted octanol–water partition coefficient (Wildman–Crippen LogP) is 2.82. The maximum absolute atomic E-state index is 14.2. The van der Waals surface area contributed by atoms with Crippen LogP contribution in [0.15, 0.2) is 36.4 Å². The van der Waals surface area contributed by atoms with Crippen molar-refractivity contribution in [2.45, 2.75) is 6.54 Å². The largest absolute Gasteiger partial charge is 0.493 e. The summed E-state index contributed by atoms with van der Waals surface area (Å²) in [5.41, 5.74) is 7.69. The van der Waals surface area contributed by atoms with Gasteiger partial charge in [-0.25, -0.2) is 9.37 Å². The fourth-order valence-electron chi connectivity index (χ4n) is 2.66. The Bertz CT molecular complexity index is 845. The maximum Gasteiger partial charge on any atom is 0.163 e. The standard InChI is InChI=1S/C17H18FN3O2/c1-22-15-9-13-14(10-16(15)23-2)21(8-7-19)17(20-13)11-5-3-4-6-12(11)18/h3-6,9-10H,7-8,19H2,1-2H3. The topological polar surface area (TPSA) is 62.3 Å². The van der Waals surface area contributed by atoms with Crippen molar-refractivity contribution in [3.63, 3.8) is 0 Å². The Morgan fingerprint density at radius 3 is 2.48 bits per heavy atom. The number of benzene rings is 2. The summed E-state index contributed by atoms with van der Waals surface area (Å²) >= 11 is 0. The van der Waals surface area contributed by atoms with Gasteiger partial charge in [-0.2, -0.15) is 0 Å². The molecule has 0 fully saturated rings. The number of nitrogens with two attached hydrogens (primary N) is 1. The number of halogens is 1. The molecule has 0 atom stereocenters. The summed E-state index contributed by atoms with van der Waals surface area (Å²) in [6.45, 7) is 0.941. The van der Waals surface area contributed by atoms with Gasteiger partial charge in [-0.3, -0.25) is 0 Å². The summed E-state index contributed by atoms with van der Waals surface area (Å²) in [6.07, 6.45) is 0. The van der Waals surface area contributed by atoms with E-state index in [0.717, 1.165) is 5.52 Å². The Balaban J connectivity index is 2.30. The van der Waals surface area contributed by atoms with Crippen molar-refractivity contribution in [2.75, 3.05) is 20.8 Å². The van der Waals surface area contributed by atoms with E-state index in [4.69, 9.17) is 15.2 Å². The lowest BCUT2D eigenvalue weighted by atomic mass is 10.2. The highest BCUT2D eigenvalue weighted by atomic mass is 19.1. The van der Waals surface area contributed by atoms with E-state index in [9.17, 15) is 4.39 Å². The molecular weight excluding hydrogens is 297 g/mol. The van der Waals surface area contributed by atoms with Crippen molar-refractivity contribution >= 4 is 11.0 Å². The van der Waals surface area contributed by atoms with Crippen LogP contribution in [-0.4, -0.2) is 30.3 Å². The molecule has 2 aromatic carbocycles. The van der Waals surface area contributed by atoms with Crippen LogP contribution in [-0.2, 0) is 6.54 Å². The molecule has 0 saturated heterocycles. The summed E-state index contributed by atoms with van der Waals surface area (Å²) in [5, 5.41) is 0. The SMILES string of the molecule is COc1cc2nc(-c3ccccc3F)n(CCN)c2cc1OC. The number of methoxy groups -OCH3 is 2. The second kappa shape index (κ2) is 6.26. The minimum absolute atomic E-state index is 0.319. The monoisotopic (exact) mass is 315 g/mol. The number of nitrogens with zero attached hydrogens (tertiary/aromatic N) is 2. The lowest BCUT2D eigenvalue weighted by molar-refractivity contribution is 0.355. The molecule has 2 N–H and O–H groups in total. The van der Waals surface area contributed by atoms with Gasteiger partial charge in [0.1, 0.15) is 11.6 Å². The van der Waals surface area contributed by atoms with Crippen LogP contribution < -0.4 is 15.2 Å². The molecule has 0 unspecified atom stereocenters. The molecule has 6 heteroatoms. The molecule has 0 aliphatic rings. The Morgan fingerprint density at radius 1 is 1.13 bits per heavy atom. The zero-order chi connectivity index (χ0) is 16.4. The number of fused-ring (bicyclic) bond motifs is 1. The summed E-state index contributed by atoms with van der Waals surface area (Å²) in [6, 6.07) is 10.2. The number of aromatic nitrogens is 2. The molecule has 0 aliphatic heterocycles. The van der Waals surface area contributed by atoms with Crippen molar-refractivity contribution in [3.05, 3.63) is 42.2 Å². The third-order valence-corrected chi connectivity index (χ3v) is 3.72. The molecular formula is C17H18FN3O2. The van der Waals surface area contributed by atoms with Gasteiger partial charge in [-0.15, -0.1) is 0 Å². The normalized spacial score (nSPS) is 11.0. The van der Waals surface area contributed by atoms with E-state index in [1.54, 1.807) is 38.5 Å². The van der Waals surface area contributed by atoms with Crippen molar-refractivity contribution in [3.8, 4) is 22.9 Å². The molecule has 1 aromatic heterocycles. The van der Waals surface area contributed by atoms with Crippen molar-refractivity contribution in [1.82, 2.24) is 9.55 Å². The van der Waals surface area contributed by atoms with E-state index >= 15 is 0 Å². The van der Waals surface area contributed by atoms with Gasteiger partial charge in [0.25, 0.3) is 0 Å². The van der Waals surface area contributed by atoms with Gasteiger partial charge in [-0.05, 0) is 12.1 Å². The number of ether oxygens (including phenoxy) is 2. The van der Waals surface area contributed by atoms with Crippen molar-refractivity contribution in [2.24, 2.45) is 5.73 Å². The first kappa shape index (κ1) is 15.3. The highest BCUT2D eigenvalue weighted by Crippen LogP contribution is 2.34. The van der Waals surface area contributed by atoms with E-state index in [0.29, 0.717) is 41.5 Å². The first-order valence-corrected chi connectivity index (χ1v) is 7.26. The average molecular weight is 315 g/mol. The minimum atomic E-state index is -0.319. The molecule has 0 aliphatic carbocycles. The molecule has 1 heterocycles. The average Bonchev–Trinajstić information content (AvgIpc) is 2.92. The van der Waals surface area contributed by atoms with E-state index in [1.807, 2.05) is 10.6 Å². The van der Waals surface area contributed by atoms with Gasteiger partial charge in [0.15, 0.2) is 11.5 Å². The maximum atomic E-state index is 14.2. The smallest absolute Gasteiger partial charge is 0.163 e. The summed E-state index contributed by atoms with van der Waals surface area (Å²) < 4.78 is 26.7. The number of hydrogen-bond acceptors (Lipinski definition) is 4. The molecule has 3 rings (SSSR count). The summed E-state index contributed by atoms with van der Waals surface area (Å²) in [4.78, 5) is 4.58. The lowest BCUT2D eigenvalue weighted by Gasteiger charge is -2.10. The van der Waals surface area contributed by atoms with Crippen LogP contribution in [0.1, 0.15) is 0 Å². The van der Waals surface area contributed by atoms with Crippen LogP contribution >= 0.6 is 0 Å². The van der Waals surface area contributed by atoms with E-state index < -0.39 is 0 Å². The second-order valence-electron chi connectivity index (χ2n) is 5.05. The molecule has 0 spiro atoms. The molecule has 0 radical (unpaired) electrons. The zero-order valence-electron chi connectivity index (χ0n) is 13.0. The Morgan fingerprint density at radius 2 is 1.83 bits per heavy atom. The quantitative estimate of drug-likeness (QED) is 0.786. The third-order valence-electron chi connectivity index (χ3n) is 3.72. The van der Waals surface area contributed by atoms with Gasteiger partial charge in [-0.1, -0.05) is 12.1 Å². The molecule has 23 heavy (non-hydrogen) atoms. The third kappa shape index (κ3) is 2.61. The van der Waals surface area contributed by atoms with Crippen LogP contribution in [0, 0.1) is 5.82 Å². The minimum Gasteiger partial charge on any atom is -0.493 e. The summed E-state index contributed by atoms with van der Waals surface area (Å²) in [5.74, 6) is 1.40. The fourth-order valence-corrected chi connectivity index (χ4v) is 2.66. The Hall–Kier alpha value is -2.60. The number of imidazole rings is 1. The van der Waals surface area contributed by atoms with Crippen LogP contribution in [0.5, 0.6) is 11.5 Å². The molecule has 5 nitrogen and oxygen atoms in total. The van der Waals surface area contributed by atoms with Gasteiger partial charge in [0, 0.05) is 25.2 Å². The predicted molar refractivity (Wildman–Crippen MR) is 87.3 cm³/mol.